The number of fused-ring (bicyclic) bond motifs is 2. The number of anilines is 2. The fourth-order valence-electron chi connectivity index (χ4n) is 5.33. The molecule has 1 aromatic heterocycles. The van der Waals surface area contributed by atoms with E-state index < -0.39 is 12.1 Å². The summed E-state index contributed by atoms with van der Waals surface area (Å²) in [6.07, 6.45) is 2.63. The van der Waals surface area contributed by atoms with Gasteiger partial charge in [0, 0.05) is 54.1 Å². The maximum atomic E-state index is 13.5. The first-order valence-electron chi connectivity index (χ1n) is 14.6. The van der Waals surface area contributed by atoms with Crippen molar-refractivity contribution in [3.63, 3.8) is 0 Å². The Morgan fingerprint density at radius 3 is 2.59 bits per heavy atom. The summed E-state index contributed by atoms with van der Waals surface area (Å²) < 4.78 is 6.54. The number of amides is 4. The Bertz CT molecular complexity index is 1640. The molecule has 4 aromatic rings. The van der Waals surface area contributed by atoms with Crippen molar-refractivity contribution in [1.29, 1.82) is 0 Å². The number of nitrogens with one attached hydrogen (secondary N) is 2. The third-order valence-corrected chi connectivity index (χ3v) is 7.95. The van der Waals surface area contributed by atoms with Crippen molar-refractivity contribution in [2.75, 3.05) is 37.4 Å². The normalized spacial score (nSPS) is 17.4. The van der Waals surface area contributed by atoms with Crippen LogP contribution in [0.3, 0.4) is 0 Å². The number of hydrogen-bond donors (Lipinski definition) is 3. The number of carbonyl (C=O) groups is 3. The van der Waals surface area contributed by atoms with Gasteiger partial charge < -0.3 is 30.3 Å². The predicted molar refractivity (Wildman–Crippen MR) is 170 cm³/mol. The van der Waals surface area contributed by atoms with E-state index in [-0.39, 0.29) is 43.3 Å². The van der Waals surface area contributed by atoms with Gasteiger partial charge in [0.2, 0.25) is 5.91 Å². The van der Waals surface area contributed by atoms with E-state index in [0.717, 1.165) is 10.8 Å². The third kappa shape index (κ3) is 6.98. The van der Waals surface area contributed by atoms with Gasteiger partial charge in [-0.1, -0.05) is 43.3 Å². The zero-order valence-corrected chi connectivity index (χ0v) is 25.1. The molecular formula is C34H37N5O5. The Balaban J connectivity index is 1.39. The van der Waals surface area contributed by atoms with Crippen LogP contribution >= 0.6 is 0 Å². The van der Waals surface area contributed by atoms with Crippen LogP contribution in [0, 0.1) is 5.92 Å². The Morgan fingerprint density at radius 2 is 1.82 bits per heavy atom. The number of aliphatic hydroxyl groups is 1. The van der Waals surface area contributed by atoms with Crippen molar-refractivity contribution in [3.8, 4) is 5.75 Å². The van der Waals surface area contributed by atoms with Crippen LogP contribution in [0.25, 0.3) is 10.8 Å². The number of urea groups is 1. The van der Waals surface area contributed by atoms with Crippen LogP contribution in [-0.4, -0.2) is 76.6 Å². The number of pyridine rings is 1. The lowest BCUT2D eigenvalue weighted by Crippen LogP contribution is -2.48. The molecule has 3 atom stereocenters. The molecule has 0 spiro atoms. The molecule has 4 amide bonds. The monoisotopic (exact) mass is 595 g/mol. The molecule has 0 bridgehead atoms. The number of aliphatic hydroxyl groups excluding tert-OH is 1. The minimum Gasteiger partial charge on any atom is -0.488 e. The maximum absolute atomic E-state index is 13.5. The van der Waals surface area contributed by atoms with E-state index in [1.54, 1.807) is 66.5 Å². The Labute approximate surface area is 256 Å². The zero-order valence-electron chi connectivity index (χ0n) is 25.1. The van der Waals surface area contributed by atoms with E-state index in [1.165, 1.54) is 0 Å². The number of aromatic nitrogens is 1. The van der Waals surface area contributed by atoms with E-state index in [9.17, 15) is 19.5 Å². The molecule has 0 unspecified atom stereocenters. The summed E-state index contributed by atoms with van der Waals surface area (Å²) in [6, 6.07) is 21.4. The van der Waals surface area contributed by atoms with Crippen molar-refractivity contribution < 1.29 is 24.2 Å². The quantitative estimate of drug-likeness (QED) is 0.282. The lowest BCUT2D eigenvalue weighted by Gasteiger charge is -2.34. The van der Waals surface area contributed by atoms with Gasteiger partial charge >= 0.3 is 6.03 Å². The van der Waals surface area contributed by atoms with Gasteiger partial charge in [-0.15, -0.1) is 0 Å². The van der Waals surface area contributed by atoms with Crippen molar-refractivity contribution in [1.82, 2.24) is 14.8 Å². The second kappa shape index (κ2) is 13.6. The third-order valence-electron chi connectivity index (χ3n) is 7.95. The predicted octanol–water partition coefficient (Wildman–Crippen LogP) is 4.80. The van der Waals surface area contributed by atoms with Crippen molar-refractivity contribution in [3.05, 3.63) is 96.3 Å². The lowest BCUT2D eigenvalue weighted by molar-refractivity contribution is -0.134. The topological polar surface area (TPSA) is 124 Å². The summed E-state index contributed by atoms with van der Waals surface area (Å²) in [5.74, 6) is -0.150. The Hall–Kier alpha value is -4.96. The molecule has 1 aliphatic rings. The standard InChI is InChI=1S/C34H37N5O5/c1-22-19-39(23(2)21-40)32(41)18-26-17-27(36-33(42)25-13-15-35-16-14-25)11-12-30(26)44-31(22)20-38(3)34(43)37-29-10-6-8-24-7-4-5-9-28(24)29/h4-17,22-23,31,40H,18-21H2,1-3H3,(H,36,42)(H,37,43)/t22-,23+,31-/m0/s1. The lowest BCUT2D eigenvalue weighted by atomic mass is 10.0. The second-order valence-electron chi connectivity index (χ2n) is 11.2. The van der Waals surface area contributed by atoms with Gasteiger partial charge in [-0.25, -0.2) is 4.79 Å². The van der Waals surface area contributed by atoms with Gasteiger partial charge in [-0.05, 0) is 48.7 Å². The number of likely N-dealkylation sites (N-methyl/N-ethyl adjacent to an activating group) is 1. The fourth-order valence-corrected chi connectivity index (χ4v) is 5.33. The molecule has 1 aliphatic heterocycles. The molecule has 0 aliphatic carbocycles. The molecule has 3 N–H and O–H groups in total. The van der Waals surface area contributed by atoms with Crippen LogP contribution in [-0.2, 0) is 11.2 Å². The van der Waals surface area contributed by atoms with Crippen LogP contribution in [0.4, 0.5) is 16.2 Å². The fraction of sp³-hybridized carbons (Fsp3) is 0.294. The molecule has 0 radical (unpaired) electrons. The average molecular weight is 596 g/mol. The van der Waals surface area contributed by atoms with Crippen LogP contribution < -0.4 is 15.4 Å². The van der Waals surface area contributed by atoms with E-state index in [1.807, 2.05) is 49.4 Å². The first-order chi connectivity index (χ1) is 21.2. The summed E-state index contributed by atoms with van der Waals surface area (Å²) >= 11 is 0. The SMILES string of the molecule is C[C@H](CO)N1C[C@H](C)[C@H](CN(C)C(=O)Nc2cccc3ccccc23)Oc2ccc(NC(=O)c3ccncc3)cc2CC1=O. The summed E-state index contributed by atoms with van der Waals surface area (Å²) in [5, 5.41) is 17.8. The van der Waals surface area contributed by atoms with Crippen molar-refractivity contribution in [2.24, 2.45) is 5.92 Å². The van der Waals surface area contributed by atoms with Crippen LogP contribution in [0.2, 0.25) is 0 Å². The molecule has 0 fully saturated rings. The number of hydrogen-bond acceptors (Lipinski definition) is 6. The molecule has 228 valence electrons. The molecule has 3 aromatic carbocycles. The summed E-state index contributed by atoms with van der Waals surface area (Å²) in [4.78, 5) is 46.8. The summed E-state index contributed by atoms with van der Waals surface area (Å²) in [5.41, 5.74) is 2.28. The molecular weight excluding hydrogens is 558 g/mol. The summed E-state index contributed by atoms with van der Waals surface area (Å²) in [7, 11) is 1.71. The van der Waals surface area contributed by atoms with Gasteiger partial charge in [0.25, 0.3) is 5.91 Å². The summed E-state index contributed by atoms with van der Waals surface area (Å²) in [6.45, 7) is 4.16. The van der Waals surface area contributed by atoms with Gasteiger partial charge in [0.1, 0.15) is 11.9 Å². The van der Waals surface area contributed by atoms with E-state index >= 15 is 0 Å². The smallest absolute Gasteiger partial charge is 0.321 e. The highest BCUT2D eigenvalue weighted by molar-refractivity contribution is 6.04. The molecule has 5 rings (SSSR count). The maximum Gasteiger partial charge on any atom is 0.321 e. The van der Waals surface area contributed by atoms with E-state index in [2.05, 4.69) is 15.6 Å². The zero-order chi connectivity index (χ0) is 31.2. The van der Waals surface area contributed by atoms with E-state index in [4.69, 9.17) is 4.74 Å². The van der Waals surface area contributed by atoms with Gasteiger partial charge in [-0.3, -0.25) is 14.6 Å². The van der Waals surface area contributed by atoms with Gasteiger partial charge in [0.05, 0.1) is 31.3 Å². The highest BCUT2D eigenvalue weighted by atomic mass is 16.5. The first-order valence-corrected chi connectivity index (χ1v) is 14.6. The molecule has 10 nitrogen and oxygen atoms in total. The van der Waals surface area contributed by atoms with Crippen molar-refractivity contribution >= 4 is 40.0 Å². The molecule has 44 heavy (non-hydrogen) atoms. The van der Waals surface area contributed by atoms with E-state index in [0.29, 0.717) is 34.8 Å². The minimum absolute atomic E-state index is 0.0233. The van der Waals surface area contributed by atoms with Gasteiger partial charge in [0.15, 0.2) is 0 Å². The average Bonchev–Trinajstić information content (AvgIpc) is 3.08. The Morgan fingerprint density at radius 1 is 1.07 bits per heavy atom. The first kappa shape index (κ1) is 30.5. The Kier molecular flexibility index (Phi) is 9.40. The number of carbonyl (C=O) groups excluding carboxylic acids is 3. The second-order valence-corrected chi connectivity index (χ2v) is 11.2. The highest BCUT2D eigenvalue weighted by Crippen LogP contribution is 2.30. The molecule has 10 heteroatoms. The minimum atomic E-state index is -0.478. The van der Waals surface area contributed by atoms with Crippen LogP contribution in [0.1, 0.15) is 29.8 Å². The molecule has 0 saturated carbocycles. The largest absolute Gasteiger partial charge is 0.488 e. The number of rotatable bonds is 7. The van der Waals surface area contributed by atoms with Crippen molar-refractivity contribution in [2.45, 2.75) is 32.4 Å². The number of nitrogens with zero attached hydrogens (tertiary/aromatic N) is 3. The number of ether oxygens (including phenoxy) is 1. The van der Waals surface area contributed by atoms with Crippen LogP contribution in [0.15, 0.2) is 85.2 Å². The number of benzene rings is 3. The van der Waals surface area contributed by atoms with Gasteiger partial charge in [-0.2, -0.15) is 0 Å². The molecule has 2 heterocycles. The van der Waals surface area contributed by atoms with Crippen LogP contribution in [0.5, 0.6) is 5.75 Å². The highest BCUT2D eigenvalue weighted by Gasteiger charge is 2.32. The molecule has 0 saturated heterocycles.